The standard InChI is InChI=1S/C24H34N6O7S/c1-3-4-13-37-23-27-21(25)20-22(28-23)30(24(33)26-20)11-6-5-10-29(12-14-36-2)38(34,35)18-9-7-8-17(15-18)16-19(31)32/h7-9,15H,3-6,10-14,16H2,1-2H3,(H,26,33)(H,31,32)(H2,25,27,28). The van der Waals surface area contributed by atoms with E-state index in [9.17, 15) is 18.0 Å². The van der Waals surface area contributed by atoms with Gasteiger partial charge in [0.15, 0.2) is 11.5 Å². The highest BCUT2D eigenvalue weighted by atomic mass is 32.2. The molecule has 0 amide bonds. The molecule has 0 fully saturated rings. The first-order chi connectivity index (χ1) is 18.2. The van der Waals surface area contributed by atoms with Gasteiger partial charge in [-0.1, -0.05) is 25.5 Å². The molecule has 0 aliphatic carbocycles. The van der Waals surface area contributed by atoms with Crippen LogP contribution in [0, 0.1) is 0 Å². The van der Waals surface area contributed by atoms with Crippen molar-refractivity contribution in [3.63, 3.8) is 0 Å². The molecule has 4 N–H and O–H groups in total. The van der Waals surface area contributed by atoms with Gasteiger partial charge in [-0.05, 0) is 37.0 Å². The number of fused-ring (bicyclic) bond motifs is 1. The first kappa shape index (κ1) is 29.1. The summed E-state index contributed by atoms with van der Waals surface area (Å²) in [5.74, 6) is -0.936. The molecule has 2 aromatic heterocycles. The van der Waals surface area contributed by atoms with Crippen LogP contribution in [0.25, 0.3) is 11.2 Å². The summed E-state index contributed by atoms with van der Waals surface area (Å²) in [6.07, 6.45) is 2.41. The molecule has 13 nitrogen and oxygen atoms in total. The number of hydrogen-bond donors (Lipinski definition) is 3. The predicted octanol–water partition coefficient (Wildman–Crippen LogP) is 1.63. The lowest BCUT2D eigenvalue weighted by Crippen LogP contribution is -2.35. The third-order valence-electron chi connectivity index (χ3n) is 5.83. The minimum atomic E-state index is -3.90. The maximum atomic E-state index is 13.3. The van der Waals surface area contributed by atoms with Crippen molar-refractivity contribution in [3.05, 3.63) is 40.3 Å². The van der Waals surface area contributed by atoms with Crippen molar-refractivity contribution in [2.45, 2.75) is 50.5 Å². The van der Waals surface area contributed by atoms with Gasteiger partial charge in [-0.25, -0.2) is 13.2 Å². The number of H-pyrrole nitrogens is 1. The number of aryl methyl sites for hydroxylation is 1. The first-order valence-corrected chi connectivity index (χ1v) is 13.8. The monoisotopic (exact) mass is 550 g/mol. The number of aromatic nitrogens is 4. The maximum Gasteiger partial charge on any atom is 0.327 e. The summed E-state index contributed by atoms with van der Waals surface area (Å²) in [5.41, 5.74) is 6.64. The van der Waals surface area contributed by atoms with Crippen LogP contribution in [0.2, 0.25) is 0 Å². The van der Waals surface area contributed by atoms with Gasteiger partial charge < -0.3 is 25.3 Å². The van der Waals surface area contributed by atoms with Gasteiger partial charge in [0.1, 0.15) is 5.52 Å². The zero-order valence-electron chi connectivity index (χ0n) is 21.6. The van der Waals surface area contributed by atoms with E-state index in [1.807, 2.05) is 6.92 Å². The van der Waals surface area contributed by atoms with Gasteiger partial charge in [-0.3, -0.25) is 9.36 Å². The number of nitrogens with one attached hydrogen (secondary N) is 1. The molecule has 1 aromatic carbocycles. The van der Waals surface area contributed by atoms with E-state index in [0.29, 0.717) is 36.2 Å². The lowest BCUT2D eigenvalue weighted by atomic mass is 10.2. The summed E-state index contributed by atoms with van der Waals surface area (Å²) in [4.78, 5) is 34.7. The number of carboxylic acid groups (broad SMARTS) is 1. The minimum Gasteiger partial charge on any atom is -0.481 e. The number of rotatable bonds is 16. The molecule has 0 spiro atoms. The molecule has 0 atom stereocenters. The highest BCUT2D eigenvalue weighted by Gasteiger charge is 2.24. The molecule has 0 bridgehead atoms. The van der Waals surface area contributed by atoms with Crippen molar-refractivity contribution in [1.29, 1.82) is 0 Å². The van der Waals surface area contributed by atoms with Gasteiger partial charge >= 0.3 is 17.7 Å². The van der Waals surface area contributed by atoms with Crippen molar-refractivity contribution >= 4 is 33.0 Å². The molecule has 0 saturated heterocycles. The summed E-state index contributed by atoms with van der Waals surface area (Å²) in [6, 6.07) is 6.01. The average Bonchev–Trinajstić information content (AvgIpc) is 3.19. The van der Waals surface area contributed by atoms with E-state index < -0.39 is 21.7 Å². The number of hydrogen-bond acceptors (Lipinski definition) is 9. The number of methoxy groups -OCH3 is 1. The largest absolute Gasteiger partial charge is 0.481 e. The van der Waals surface area contributed by atoms with E-state index >= 15 is 0 Å². The Bertz CT molecular complexity index is 1400. The third-order valence-corrected chi connectivity index (χ3v) is 7.73. The molecule has 0 unspecified atom stereocenters. The molecule has 14 heteroatoms. The van der Waals surface area contributed by atoms with E-state index in [0.717, 1.165) is 12.8 Å². The Labute approximate surface area is 220 Å². The highest BCUT2D eigenvalue weighted by Crippen LogP contribution is 2.20. The number of aliphatic carboxylic acids is 1. The number of ether oxygens (including phenoxy) is 2. The van der Waals surface area contributed by atoms with Crippen molar-refractivity contribution in [2.75, 3.05) is 39.1 Å². The summed E-state index contributed by atoms with van der Waals surface area (Å²) in [6.45, 7) is 3.22. The van der Waals surface area contributed by atoms with E-state index in [2.05, 4.69) is 15.0 Å². The third kappa shape index (κ3) is 7.30. The van der Waals surface area contributed by atoms with Crippen molar-refractivity contribution < 1.29 is 27.8 Å². The lowest BCUT2D eigenvalue weighted by Gasteiger charge is -2.22. The van der Waals surface area contributed by atoms with Gasteiger partial charge in [0, 0.05) is 26.7 Å². The SMILES string of the molecule is CCCCOc1nc(N)c2[nH]c(=O)n(CCCCN(CCOC)S(=O)(=O)c3cccc(CC(=O)O)c3)c2n1. The van der Waals surface area contributed by atoms with E-state index in [1.165, 1.54) is 34.2 Å². The van der Waals surface area contributed by atoms with Crippen LogP contribution in [0.3, 0.4) is 0 Å². The molecule has 2 heterocycles. The quantitative estimate of drug-likeness (QED) is 0.222. The maximum absolute atomic E-state index is 13.3. The summed E-state index contributed by atoms with van der Waals surface area (Å²) < 4.78 is 40.0. The number of benzene rings is 1. The summed E-state index contributed by atoms with van der Waals surface area (Å²) >= 11 is 0. The number of anilines is 1. The fraction of sp³-hybridized carbons (Fsp3) is 0.500. The van der Waals surface area contributed by atoms with E-state index in [4.69, 9.17) is 20.3 Å². The number of carboxylic acids is 1. The van der Waals surface area contributed by atoms with Crippen LogP contribution in [0.5, 0.6) is 6.01 Å². The fourth-order valence-corrected chi connectivity index (χ4v) is 5.39. The zero-order chi connectivity index (χ0) is 27.7. The van der Waals surface area contributed by atoms with Crippen LogP contribution in [0.4, 0.5) is 5.82 Å². The zero-order valence-corrected chi connectivity index (χ0v) is 22.4. The van der Waals surface area contributed by atoms with Crippen LogP contribution in [0.15, 0.2) is 34.0 Å². The van der Waals surface area contributed by atoms with E-state index in [1.54, 1.807) is 6.07 Å². The van der Waals surface area contributed by atoms with Crippen molar-refractivity contribution in [1.82, 2.24) is 23.8 Å². The van der Waals surface area contributed by atoms with Gasteiger partial charge in [0.05, 0.1) is 24.5 Å². The Morgan fingerprint density at radius 2 is 1.97 bits per heavy atom. The topological polar surface area (TPSA) is 183 Å². The molecule has 0 aliphatic rings. The summed E-state index contributed by atoms with van der Waals surface area (Å²) in [5, 5.41) is 9.05. The van der Waals surface area contributed by atoms with E-state index in [-0.39, 0.29) is 49.4 Å². The number of aromatic amines is 1. The average molecular weight is 551 g/mol. The van der Waals surface area contributed by atoms with Crippen LogP contribution in [0.1, 0.15) is 38.2 Å². The molecular formula is C24H34N6O7S. The minimum absolute atomic E-state index is 0.0166. The Morgan fingerprint density at radius 3 is 2.68 bits per heavy atom. The summed E-state index contributed by atoms with van der Waals surface area (Å²) in [7, 11) is -2.42. The number of nitrogens with zero attached hydrogens (tertiary/aromatic N) is 4. The van der Waals surface area contributed by atoms with Crippen molar-refractivity contribution in [3.8, 4) is 6.01 Å². The fourth-order valence-electron chi connectivity index (χ4n) is 3.85. The predicted molar refractivity (Wildman–Crippen MR) is 141 cm³/mol. The number of nitrogen functional groups attached to an aromatic ring is 1. The second kappa shape index (κ2) is 13.3. The number of sulfonamides is 1. The molecule has 38 heavy (non-hydrogen) atoms. The Balaban J connectivity index is 1.72. The second-order valence-electron chi connectivity index (χ2n) is 8.70. The highest BCUT2D eigenvalue weighted by molar-refractivity contribution is 7.89. The van der Waals surface area contributed by atoms with Gasteiger partial charge in [-0.15, -0.1) is 0 Å². The molecular weight excluding hydrogens is 516 g/mol. The van der Waals surface area contributed by atoms with Gasteiger partial charge in [0.2, 0.25) is 10.0 Å². The Hall–Kier alpha value is -3.49. The number of imidazole rings is 1. The first-order valence-electron chi connectivity index (χ1n) is 12.4. The molecule has 0 aliphatic heterocycles. The number of unbranched alkanes of at least 4 members (excludes halogenated alkanes) is 2. The van der Waals surface area contributed by atoms with Crippen LogP contribution in [-0.4, -0.2) is 76.7 Å². The smallest absolute Gasteiger partial charge is 0.327 e. The lowest BCUT2D eigenvalue weighted by molar-refractivity contribution is -0.136. The molecule has 0 saturated carbocycles. The Morgan fingerprint density at radius 1 is 1.18 bits per heavy atom. The normalized spacial score (nSPS) is 11.9. The van der Waals surface area contributed by atoms with Gasteiger partial charge in [0.25, 0.3) is 0 Å². The Kier molecular flexibility index (Phi) is 10.2. The van der Waals surface area contributed by atoms with Crippen molar-refractivity contribution in [2.24, 2.45) is 0 Å². The molecule has 3 aromatic rings. The molecule has 0 radical (unpaired) electrons. The van der Waals surface area contributed by atoms with Crippen LogP contribution < -0.4 is 16.2 Å². The van der Waals surface area contributed by atoms with Gasteiger partial charge in [-0.2, -0.15) is 14.3 Å². The second-order valence-corrected chi connectivity index (χ2v) is 10.6. The number of nitrogens with two attached hydrogens (primary N) is 1. The number of carbonyl (C=O) groups is 1. The molecule has 3 rings (SSSR count). The van der Waals surface area contributed by atoms with Crippen LogP contribution >= 0.6 is 0 Å². The van der Waals surface area contributed by atoms with Crippen LogP contribution in [-0.2, 0) is 32.5 Å². The molecule has 208 valence electrons.